The summed E-state index contributed by atoms with van der Waals surface area (Å²) < 4.78 is 5.57. The number of amides is 1. The van der Waals surface area contributed by atoms with Gasteiger partial charge in [-0.05, 0) is 47.5 Å². The number of carbonyl (C=O) groups excluding carboxylic acids is 1. The highest BCUT2D eigenvalue weighted by Crippen LogP contribution is 2.33. The quantitative estimate of drug-likeness (QED) is 0.418. The van der Waals surface area contributed by atoms with Gasteiger partial charge in [0, 0.05) is 17.5 Å². The van der Waals surface area contributed by atoms with E-state index in [0.717, 1.165) is 0 Å². The fourth-order valence-electron chi connectivity index (χ4n) is 3.33. The lowest BCUT2D eigenvalue weighted by molar-refractivity contribution is 0.0998. The molecule has 0 aromatic heterocycles. The number of rotatable bonds is 3. The number of carbonyl (C=O) groups is 1. The molecule has 5 rings (SSSR count). The van der Waals surface area contributed by atoms with Crippen LogP contribution in [0.4, 0.5) is 5.69 Å². The van der Waals surface area contributed by atoms with E-state index in [1.54, 1.807) is 24.3 Å². The zero-order valence-corrected chi connectivity index (χ0v) is 16.9. The Bertz CT molecular complexity index is 1220. The molecule has 1 heterocycles. The summed E-state index contributed by atoms with van der Waals surface area (Å²) in [6, 6.07) is 33.0. The molecule has 1 aliphatic heterocycles. The van der Waals surface area contributed by atoms with E-state index in [9.17, 15) is 4.79 Å². The molecule has 31 heavy (non-hydrogen) atoms. The molecule has 0 radical (unpaired) electrons. The summed E-state index contributed by atoms with van der Waals surface area (Å²) in [5.74, 6) is 0.656. The SMILES string of the molecule is C1=Cc2ccccc2-c2ccccc2N1.NC(=O)c1ccccc1Oc1ccccc1. The molecule has 0 unspecified atom stereocenters. The Balaban J connectivity index is 0.000000149. The van der Waals surface area contributed by atoms with E-state index >= 15 is 0 Å². The molecule has 1 amide bonds. The Hall–Kier alpha value is -4.31. The number of benzene rings is 4. The predicted octanol–water partition coefficient (Wildman–Crippen LogP) is 6.33. The van der Waals surface area contributed by atoms with Crippen LogP contribution in [0.15, 0.2) is 109 Å². The van der Waals surface area contributed by atoms with Crippen LogP contribution in [0.5, 0.6) is 11.5 Å². The van der Waals surface area contributed by atoms with E-state index in [0.29, 0.717) is 17.1 Å². The standard InChI is InChI=1S/C14H11N.C13H11NO2/c1-2-6-12-11(5-1)9-10-15-14-8-4-3-7-13(12)14;14-13(15)11-8-4-5-9-12(11)16-10-6-2-1-3-7-10/h1-10,15H;1-9H,(H2,14,15). The molecule has 0 atom stereocenters. The third kappa shape index (κ3) is 4.82. The summed E-state index contributed by atoms with van der Waals surface area (Å²) in [4.78, 5) is 11.2. The molecule has 0 aliphatic carbocycles. The molecule has 0 spiro atoms. The number of anilines is 1. The molecular formula is C27H22N2O2. The van der Waals surface area contributed by atoms with Crippen molar-refractivity contribution < 1.29 is 9.53 Å². The summed E-state index contributed by atoms with van der Waals surface area (Å²) in [5.41, 5.74) is 10.6. The van der Waals surface area contributed by atoms with Gasteiger partial charge in [-0.2, -0.15) is 0 Å². The molecule has 0 bridgehead atoms. The first-order valence-electron chi connectivity index (χ1n) is 9.95. The van der Waals surface area contributed by atoms with Gasteiger partial charge < -0.3 is 15.8 Å². The third-order valence-corrected chi connectivity index (χ3v) is 4.80. The third-order valence-electron chi connectivity index (χ3n) is 4.80. The maximum atomic E-state index is 11.2. The highest BCUT2D eigenvalue weighted by molar-refractivity contribution is 5.95. The van der Waals surface area contributed by atoms with Gasteiger partial charge in [0.15, 0.2) is 0 Å². The van der Waals surface area contributed by atoms with E-state index in [1.807, 2.05) is 42.6 Å². The summed E-state index contributed by atoms with van der Waals surface area (Å²) in [6.07, 6.45) is 4.10. The van der Waals surface area contributed by atoms with Gasteiger partial charge in [-0.25, -0.2) is 0 Å². The van der Waals surface area contributed by atoms with Crippen molar-refractivity contribution in [3.05, 3.63) is 120 Å². The number of nitrogens with one attached hydrogen (secondary N) is 1. The molecule has 0 saturated heterocycles. The van der Waals surface area contributed by atoms with Crippen LogP contribution in [0.2, 0.25) is 0 Å². The first kappa shape index (κ1) is 20.0. The minimum Gasteiger partial charge on any atom is -0.457 e. The zero-order valence-electron chi connectivity index (χ0n) is 16.9. The molecule has 4 nitrogen and oxygen atoms in total. The highest BCUT2D eigenvalue weighted by Gasteiger charge is 2.09. The lowest BCUT2D eigenvalue weighted by atomic mass is 9.99. The Kier molecular flexibility index (Phi) is 6.10. The van der Waals surface area contributed by atoms with Crippen LogP contribution < -0.4 is 15.8 Å². The normalized spacial score (nSPS) is 11.0. The lowest BCUT2D eigenvalue weighted by Crippen LogP contribution is -2.11. The number of hydrogen-bond acceptors (Lipinski definition) is 3. The van der Waals surface area contributed by atoms with Gasteiger partial charge in [-0.3, -0.25) is 4.79 Å². The van der Waals surface area contributed by atoms with Crippen molar-refractivity contribution in [1.29, 1.82) is 0 Å². The van der Waals surface area contributed by atoms with Crippen LogP contribution >= 0.6 is 0 Å². The Morgan fingerprint density at radius 2 is 1.35 bits per heavy atom. The Morgan fingerprint density at radius 1 is 0.710 bits per heavy atom. The highest BCUT2D eigenvalue weighted by atomic mass is 16.5. The average molecular weight is 406 g/mol. The van der Waals surface area contributed by atoms with E-state index in [-0.39, 0.29) is 0 Å². The maximum absolute atomic E-state index is 11.2. The van der Waals surface area contributed by atoms with Crippen LogP contribution in [0.1, 0.15) is 15.9 Å². The largest absolute Gasteiger partial charge is 0.457 e. The lowest BCUT2D eigenvalue weighted by Gasteiger charge is -2.08. The van der Waals surface area contributed by atoms with Gasteiger partial charge in [-0.1, -0.05) is 72.8 Å². The molecular weight excluding hydrogens is 384 g/mol. The number of primary amides is 1. The minimum absolute atomic E-state index is 0.381. The Labute approximate surface area is 181 Å². The number of fused-ring (bicyclic) bond motifs is 3. The van der Waals surface area contributed by atoms with Gasteiger partial charge in [0.2, 0.25) is 0 Å². The zero-order chi connectivity index (χ0) is 21.5. The topological polar surface area (TPSA) is 64.3 Å². The summed E-state index contributed by atoms with van der Waals surface area (Å²) in [6.45, 7) is 0. The average Bonchev–Trinajstić information content (AvgIpc) is 3.00. The first-order chi connectivity index (χ1) is 15.2. The number of hydrogen-bond donors (Lipinski definition) is 2. The van der Waals surface area contributed by atoms with Crippen LogP contribution in [-0.4, -0.2) is 5.91 Å². The molecule has 152 valence electrons. The second-order valence-electron chi connectivity index (χ2n) is 6.89. The van der Waals surface area contributed by atoms with Gasteiger partial charge in [0.05, 0.1) is 5.56 Å². The molecule has 4 aromatic rings. The first-order valence-corrected chi connectivity index (χ1v) is 9.95. The maximum Gasteiger partial charge on any atom is 0.252 e. The van der Waals surface area contributed by atoms with E-state index in [4.69, 9.17) is 10.5 Å². The van der Waals surface area contributed by atoms with Gasteiger partial charge in [-0.15, -0.1) is 0 Å². The van der Waals surface area contributed by atoms with E-state index in [2.05, 4.69) is 53.9 Å². The van der Waals surface area contributed by atoms with Crippen LogP contribution in [-0.2, 0) is 0 Å². The van der Waals surface area contributed by atoms with Crippen molar-refractivity contribution in [3.8, 4) is 22.6 Å². The van der Waals surface area contributed by atoms with Crippen LogP contribution in [0.25, 0.3) is 17.2 Å². The smallest absolute Gasteiger partial charge is 0.252 e. The minimum atomic E-state index is -0.494. The summed E-state index contributed by atoms with van der Waals surface area (Å²) >= 11 is 0. The molecule has 4 aromatic carbocycles. The second-order valence-corrected chi connectivity index (χ2v) is 6.89. The van der Waals surface area contributed by atoms with Gasteiger partial charge in [0.1, 0.15) is 11.5 Å². The predicted molar refractivity (Wildman–Crippen MR) is 126 cm³/mol. The summed E-state index contributed by atoms with van der Waals surface area (Å²) in [7, 11) is 0. The van der Waals surface area contributed by atoms with Crippen molar-refractivity contribution in [1.82, 2.24) is 0 Å². The van der Waals surface area contributed by atoms with Crippen molar-refractivity contribution in [2.24, 2.45) is 5.73 Å². The fraction of sp³-hybridized carbons (Fsp3) is 0. The van der Waals surface area contributed by atoms with Crippen LogP contribution in [0.3, 0.4) is 0 Å². The van der Waals surface area contributed by atoms with Crippen molar-refractivity contribution in [2.75, 3.05) is 5.32 Å². The van der Waals surface area contributed by atoms with Crippen molar-refractivity contribution >= 4 is 17.7 Å². The monoisotopic (exact) mass is 406 g/mol. The molecule has 3 N–H and O–H groups in total. The number of nitrogens with two attached hydrogens (primary N) is 1. The van der Waals surface area contributed by atoms with Gasteiger partial charge in [0.25, 0.3) is 5.91 Å². The second kappa shape index (κ2) is 9.46. The molecule has 4 heteroatoms. The Morgan fingerprint density at radius 3 is 2.16 bits per heavy atom. The van der Waals surface area contributed by atoms with Crippen LogP contribution in [0, 0.1) is 0 Å². The number of ether oxygens (including phenoxy) is 1. The van der Waals surface area contributed by atoms with Gasteiger partial charge >= 0.3 is 0 Å². The van der Waals surface area contributed by atoms with E-state index < -0.39 is 5.91 Å². The van der Waals surface area contributed by atoms with Crippen molar-refractivity contribution in [2.45, 2.75) is 0 Å². The van der Waals surface area contributed by atoms with Crippen molar-refractivity contribution in [3.63, 3.8) is 0 Å². The number of para-hydroxylation sites is 3. The molecule has 0 fully saturated rings. The fourth-order valence-corrected chi connectivity index (χ4v) is 3.33. The summed E-state index contributed by atoms with van der Waals surface area (Å²) in [5, 5.41) is 3.29. The molecule has 1 aliphatic rings. The molecule has 0 saturated carbocycles. The van der Waals surface area contributed by atoms with E-state index in [1.165, 1.54) is 22.4 Å².